The van der Waals surface area contributed by atoms with Gasteiger partial charge in [-0.05, 0) is 60.7 Å². The Hall–Kier alpha value is -4.66. The Kier molecular flexibility index (Phi) is 8.37. The molecule has 3 aromatic carbocycles. The van der Waals surface area contributed by atoms with Crippen molar-refractivity contribution in [1.29, 1.82) is 0 Å². The van der Waals surface area contributed by atoms with Gasteiger partial charge < -0.3 is 10.4 Å². The van der Waals surface area contributed by atoms with E-state index in [1.165, 1.54) is 10.6 Å². The van der Waals surface area contributed by atoms with Crippen molar-refractivity contribution in [1.82, 2.24) is 19.8 Å². The maximum Gasteiger partial charge on any atom is 0.263 e. The van der Waals surface area contributed by atoms with Crippen molar-refractivity contribution >= 4 is 16.7 Å². The minimum Gasteiger partial charge on any atom is -0.385 e. The van der Waals surface area contributed by atoms with Crippen molar-refractivity contribution in [3.05, 3.63) is 142 Å². The molecule has 5 aromatic rings. The largest absolute Gasteiger partial charge is 0.385 e. The molecule has 0 bridgehead atoms. The summed E-state index contributed by atoms with van der Waals surface area (Å²) in [4.78, 5) is 34.6. The van der Waals surface area contributed by atoms with E-state index in [2.05, 4.69) is 15.2 Å². The summed E-state index contributed by atoms with van der Waals surface area (Å²) >= 11 is 0. The molecule has 0 aliphatic carbocycles. The summed E-state index contributed by atoms with van der Waals surface area (Å²) in [6.07, 6.45) is 4.93. The van der Waals surface area contributed by atoms with Crippen molar-refractivity contribution in [2.75, 3.05) is 13.1 Å². The van der Waals surface area contributed by atoms with E-state index in [4.69, 9.17) is 0 Å². The molecule has 1 amide bonds. The number of hydrogen-bond donors (Lipinski definition) is 2. The number of rotatable bonds is 8. The number of halogens is 1. The maximum atomic E-state index is 15.4. The summed E-state index contributed by atoms with van der Waals surface area (Å²) in [6, 6.07) is 26.3. The Morgan fingerprint density at radius 2 is 1.57 bits per heavy atom. The molecule has 0 unspecified atom stereocenters. The third-order valence-electron chi connectivity index (χ3n) is 8.70. The van der Waals surface area contributed by atoms with Crippen molar-refractivity contribution in [3.63, 3.8) is 0 Å². The third kappa shape index (κ3) is 5.66. The van der Waals surface area contributed by atoms with Crippen LogP contribution in [0.5, 0.6) is 0 Å². The number of nitrogens with one attached hydrogen (secondary N) is 1. The molecule has 1 aliphatic heterocycles. The number of aliphatic hydroxyl groups is 1. The van der Waals surface area contributed by atoms with Gasteiger partial charge in [-0.1, -0.05) is 67.6 Å². The highest BCUT2D eigenvalue weighted by Gasteiger charge is 2.35. The topological polar surface area (TPSA) is 87.5 Å². The molecule has 0 saturated carbocycles. The van der Waals surface area contributed by atoms with Crippen molar-refractivity contribution in [3.8, 4) is 5.69 Å². The highest BCUT2D eigenvalue weighted by atomic mass is 19.1. The SMILES string of the molecule is CC[C@H](NC(=O)c1c(CN2CCC(O)(c3ccncc3)CC2)n(-c2ccccc2F)c(=O)c2ccccc12)c1ccccc1. The number of hydrogen-bond acceptors (Lipinski definition) is 5. The van der Waals surface area contributed by atoms with Crippen LogP contribution >= 0.6 is 0 Å². The molecule has 2 aromatic heterocycles. The van der Waals surface area contributed by atoms with E-state index in [1.54, 1.807) is 54.9 Å². The molecule has 1 aliphatic rings. The number of carbonyl (C=O) groups is 1. The zero-order valence-electron chi connectivity index (χ0n) is 24.6. The van der Waals surface area contributed by atoms with Gasteiger partial charge in [0.1, 0.15) is 5.82 Å². The van der Waals surface area contributed by atoms with E-state index >= 15 is 4.39 Å². The summed E-state index contributed by atoms with van der Waals surface area (Å²) < 4.78 is 16.8. The lowest BCUT2D eigenvalue weighted by Gasteiger charge is -2.39. The summed E-state index contributed by atoms with van der Waals surface area (Å²) in [5.41, 5.74) is 1.24. The number of pyridine rings is 2. The fraction of sp³-hybridized carbons (Fsp3) is 0.250. The molecule has 3 heterocycles. The van der Waals surface area contributed by atoms with E-state index in [0.717, 1.165) is 11.1 Å². The van der Waals surface area contributed by atoms with Gasteiger partial charge >= 0.3 is 0 Å². The number of benzene rings is 3. The molecule has 8 heteroatoms. The van der Waals surface area contributed by atoms with Gasteiger partial charge in [0, 0.05) is 42.8 Å². The summed E-state index contributed by atoms with van der Waals surface area (Å²) in [7, 11) is 0. The van der Waals surface area contributed by atoms with Crippen LogP contribution in [0.2, 0.25) is 0 Å². The Morgan fingerprint density at radius 3 is 2.25 bits per heavy atom. The molecular weight excluding hydrogens is 555 g/mol. The van der Waals surface area contributed by atoms with E-state index in [1.807, 2.05) is 49.4 Å². The molecule has 224 valence electrons. The maximum absolute atomic E-state index is 15.4. The number of amides is 1. The highest BCUT2D eigenvalue weighted by molar-refractivity contribution is 6.08. The zero-order valence-corrected chi connectivity index (χ0v) is 24.6. The van der Waals surface area contributed by atoms with Crippen LogP contribution in [0.1, 0.15) is 59.4 Å². The van der Waals surface area contributed by atoms with E-state index in [9.17, 15) is 14.7 Å². The minimum atomic E-state index is -1.00. The first-order valence-electron chi connectivity index (χ1n) is 15.0. The van der Waals surface area contributed by atoms with Crippen molar-refractivity contribution < 1.29 is 14.3 Å². The van der Waals surface area contributed by atoms with Gasteiger partial charge in [-0.25, -0.2) is 4.39 Å². The molecular formula is C36H35FN4O3. The average molecular weight is 591 g/mol. The second kappa shape index (κ2) is 12.5. The Morgan fingerprint density at radius 1 is 0.932 bits per heavy atom. The Balaban J connectivity index is 1.46. The van der Waals surface area contributed by atoms with Crippen molar-refractivity contribution in [2.45, 2.75) is 44.4 Å². The Labute approximate surface area is 255 Å². The minimum absolute atomic E-state index is 0.0905. The second-order valence-electron chi connectivity index (χ2n) is 11.3. The fourth-order valence-corrected chi connectivity index (χ4v) is 6.27. The first-order valence-corrected chi connectivity index (χ1v) is 15.0. The number of fused-ring (bicyclic) bond motifs is 1. The monoisotopic (exact) mass is 590 g/mol. The van der Waals surface area contributed by atoms with Gasteiger partial charge in [0.05, 0.1) is 28.6 Å². The number of likely N-dealkylation sites (tertiary alicyclic amines) is 1. The average Bonchev–Trinajstić information content (AvgIpc) is 3.06. The van der Waals surface area contributed by atoms with Crippen LogP contribution < -0.4 is 10.9 Å². The van der Waals surface area contributed by atoms with Crippen LogP contribution in [-0.4, -0.2) is 38.6 Å². The molecule has 0 radical (unpaired) electrons. The number of carbonyl (C=O) groups excluding carboxylic acids is 1. The lowest BCUT2D eigenvalue weighted by atomic mass is 9.85. The van der Waals surface area contributed by atoms with Gasteiger partial charge in [-0.3, -0.25) is 24.0 Å². The molecule has 7 nitrogen and oxygen atoms in total. The van der Waals surface area contributed by atoms with E-state index in [0.29, 0.717) is 54.4 Å². The quantitative estimate of drug-likeness (QED) is 0.235. The number of nitrogens with zero attached hydrogens (tertiary/aromatic N) is 3. The fourth-order valence-electron chi connectivity index (χ4n) is 6.27. The molecule has 6 rings (SSSR count). The van der Waals surface area contributed by atoms with E-state index in [-0.39, 0.29) is 24.2 Å². The van der Waals surface area contributed by atoms with Crippen LogP contribution in [0.15, 0.2) is 108 Å². The zero-order chi connectivity index (χ0) is 30.7. The highest BCUT2D eigenvalue weighted by Crippen LogP contribution is 2.34. The van der Waals surface area contributed by atoms with Crippen molar-refractivity contribution in [2.24, 2.45) is 0 Å². The smallest absolute Gasteiger partial charge is 0.263 e. The first kappa shape index (κ1) is 29.4. The first-order chi connectivity index (χ1) is 21.4. The standard InChI is InChI=1S/C36H35FN4O3/c1-2-30(25-10-4-3-5-11-25)39-34(42)33-27-12-6-7-13-28(27)35(43)41(31-15-9-8-14-29(31)37)32(33)24-40-22-18-36(44,19-23-40)26-16-20-38-21-17-26/h3-17,20-21,30,44H,2,18-19,22-24H2,1H3,(H,39,42)/t30-/m0/s1. The van der Waals surface area contributed by atoms with Crippen LogP contribution in [0, 0.1) is 5.82 Å². The predicted molar refractivity (Wildman–Crippen MR) is 169 cm³/mol. The third-order valence-corrected chi connectivity index (χ3v) is 8.70. The summed E-state index contributed by atoms with van der Waals surface area (Å²) in [5.74, 6) is -0.888. The molecule has 0 spiro atoms. The summed E-state index contributed by atoms with van der Waals surface area (Å²) in [5, 5.41) is 15.5. The van der Waals surface area contributed by atoms with Crippen LogP contribution in [0.25, 0.3) is 16.5 Å². The number of para-hydroxylation sites is 1. The van der Waals surface area contributed by atoms with Crippen LogP contribution in [0.3, 0.4) is 0 Å². The molecule has 1 saturated heterocycles. The molecule has 2 N–H and O–H groups in total. The lowest BCUT2D eigenvalue weighted by molar-refractivity contribution is -0.0282. The summed E-state index contributed by atoms with van der Waals surface area (Å²) in [6.45, 7) is 3.25. The van der Waals surface area contributed by atoms with Gasteiger partial charge in [-0.15, -0.1) is 0 Å². The number of piperidine rings is 1. The normalized spacial score (nSPS) is 15.6. The number of aromatic nitrogens is 2. The predicted octanol–water partition coefficient (Wildman–Crippen LogP) is 5.89. The Bertz CT molecular complexity index is 1830. The van der Waals surface area contributed by atoms with Gasteiger partial charge in [0.2, 0.25) is 0 Å². The van der Waals surface area contributed by atoms with Crippen LogP contribution in [0.4, 0.5) is 4.39 Å². The lowest BCUT2D eigenvalue weighted by Crippen LogP contribution is -2.43. The molecule has 1 fully saturated rings. The van der Waals surface area contributed by atoms with Crippen LogP contribution in [-0.2, 0) is 12.1 Å². The van der Waals surface area contributed by atoms with Gasteiger partial charge in [-0.2, -0.15) is 0 Å². The van der Waals surface area contributed by atoms with E-state index < -0.39 is 17.0 Å². The van der Waals surface area contributed by atoms with Gasteiger partial charge in [0.15, 0.2) is 0 Å². The molecule has 44 heavy (non-hydrogen) atoms. The second-order valence-corrected chi connectivity index (χ2v) is 11.3. The van der Waals surface area contributed by atoms with Gasteiger partial charge in [0.25, 0.3) is 11.5 Å². The molecule has 1 atom stereocenters.